The van der Waals surface area contributed by atoms with Crippen molar-refractivity contribution < 1.29 is 0 Å². The highest BCUT2D eigenvalue weighted by Gasteiger charge is 2.16. The van der Waals surface area contributed by atoms with Crippen LogP contribution in [0.1, 0.15) is 26.3 Å². The van der Waals surface area contributed by atoms with Crippen molar-refractivity contribution in [3.8, 4) is 6.07 Å². The fourth-order valence-electron chi connectivity index (χ4n) is 1.51. The molecule has 0 amide bonds. The molecule has 1 unspecified atom stereocenters. The monoisotopic (exact) mass is 328 g/mol. The maximum absolute atomic E-state index is 9.09. The fourth-order valence-corrected chi connectivity index (χ4v) is 1.87. The first-order chi connectivity index (χ1) is 7.40. The van der Waals surface area contributed by atoms with E-state index in [1.807, 2.05) is 0 Å². The van der Waals surface area contributed by atoms with E-state index in [1.165, 1.54) is 9.13 Å². The summed E-state index contributed by atoms with van der Waals surface area (Å²) in [6.07, 6.45) is 0.755. The van der Waals surface area contributed by atoms with Crippen molar-refractivity contribution in [3.05, 3.63) is 33.4 Å². The Morgan fingerprint density at radius 3 is 2.31 bits per heavy atom. The minimum Gasteiger partial charge on any atom is -0.297 e. The number of nitrogens with zero attached hydrogens (tertiary/aromatic N) is 1. The van der Waals surface area contributed by atoms with Gasteiger partial charge in [0, 0.05) is 15.5 Å². The lowest BCUT2D eigenvalue weighted by atomic mass is 10.0. The Balaban J connectivity index is 2.64. The van der Waals surface area contributed by atoms with Crippen LogP contribution in [0.5, 0.6) is 0 Å². The molecular weight excluding hydrogens is 311 g/mol. The third-order valence-corrected chi connectivity index (χ3v) is 2.84. The van der Waals surface area contributed by atoms with Crippen molar-refractivity contribution >= 4 is 22.6 Å². The zero-order valence-electron chi connectivity index (χ0n) is 9.92. The second-order valence-corrected chi connectivity index (χ2v) is 6.15. The normalized spacial score (nSPS) is 13.2. The van der Waals surface area contributed by atoms with Crippen molar-refractivity contribution in [3.63, 3.8) is 0 Å². The van der Waals surface area contributed by atoms with Gasteiger partial charge in [-0.3, -0.25) is 5.32 Å². The van der Waals surface area contributed by atoms with Gasteiger partial charge in [-0.2, -0.15) is 5.26 Å². The molecule has 0 fully saturated rings. The first kappa shape index (κ1) is 13.5. The van der Waals surface area contributed by atoms with Crippen molar-refractivity contribution in [1.29, 1.82) is 5.26 Å². The number of nitriles is 1. The number of hydrogen-bond donors (Lipinski definition) is 1. The van der Waals surface area contributed by atoms with Crippen molar-refractivity contribution in [2.24, 2.45) is 0 Å². The Kier molecular flexibility index (Phi) is 4.75. The summed E-state index contributed by atoms with van der Waals surface area (Å²) >= 11 is 2.28. The molecule has 0 aliphatic heterocycles. The third-order valence-electron chi connectivity index (χ3n) is 2.12. The number of hydrogen-bond acceptors (Lipinski definition) is 2. The molecule has 0 radical (unpaired) electrons. The van der Waals surface area contributed by atoms with Crippen molar-refractivity contribution in [2.45, 2.75) is 38.8 Å². The molecule has 1 N–H and O–H groups in total. The van der Waals surface area contributed by atoms with Crippen LogP contribution in [0.15, 0.2) is 24.3 Å². The molecule has 1 aromatic carbocycles. The van der Waals surface area contributed by atoms with Gasteiger partial charge in [-0.05, 0) is 61.1 Å². The molecule has 0 bridgehead atoms. The van der Waals surface area contributed by atoms with E-state index in [1.54, 1.807) is 0 Å². The Bertz CT molecular complexity index is 370. The zero-order chi connectivity index (χ0) is 12.2. The van der Waals surface area contributed by atoms with E-state index in [0.717, 1.165) is 6.42 Å². The second-order valence-electron chi connectivity index (χ2n) is 4.91. The Labute approximate surface area is 111 Å². The summed E-state index contributed by atoms with van der Waals surface area (Å²) in [5, 5.41) is 12.4. The van der Waals surface area contributed by atoms with Crippen LogP contribution in [-0.4, -0.2) is 11.6 Å². The molecule has 2 nitrogen and oxygen atoms in total. The van der Waals surface area contributed by atoms with Crippen molar-refractivity contribution in [1.82, 2.24) is 5.32 Å². The maximum Gasteiger partial charge on any atom is 0.0997 e. The summed E-state index contributed by atoms with van der Waals surface area (Å²) < 4.78 is 1.22. The summed E-state index contributed by atoms with van der Waals surface area (Å²) in [4.78, 5) is 0. The van der Waals surface area contributed by atoms with Gasteiger partial charge < -0.3 is 0 Å². The maximum atomic E-state index is 9.09. The van der Waals surface area contributed by atoms with Crippen molar-refractivity contribution in [2.75, 3.05) is 0 Å². The highest BCUT2D eigenvalue weighted by Crippen LogP contribution is 2.10. The van der Waals surface area contributed by atoms with Crippen LogP contribution >= 0.6 is 22.6 Å². The van der Waals surface area contributed by atoms with Crippen LogP contribution in [0.2, 0.25) is 0 Å². The Morgan fingerprint density at radius 1 is 1.31 bits per heavy atom. The quantitative estimate of drug-likeness (QED) is 0.866. The average molecular weight is 328 g/mol. The zero-order valence-corrected chi connectivity index (χ0v) is 12.1. The number of rotatable bonds is 3. The van der Waals surface area contributed by atoms with E-state index in [9.17, 15) is 0 Å². The SMILES string of the molecule is CC(C)(C)NC(C#N)Cc1ccc(I)cc1. The summed E-state index contributed by atoms with van der Waals surface area (Å²) in [6.45, 7) is 6.22. The minimum absolute atomic E-state index is 0.0242. The number of benzene rings is 1. The molecule has 0 aromatic heterocycles. The predicted molar refractivity (Wildman–Crippen MR) is 75.2 cm³/mol. The van der Waals surface area contributed by atoms with Gasteiger partial charge in [-0.25, -0.2) is 0 Å². The highest BCUT2D eigenvalue weighted by molar-refractivity contribution is 14.1. The number of nitrogens with one attached hydrogen (secondary N) is 1. The van der Waals surface area contributed by atoms with Crippen LogP contribution in [0.25, 0.3) is 0 Å². The molecular formula is C13H17IN2. The van der Waals surface area contributed by atoms with Crippen LogP contribution < -0.4 is 5.32 Å². The van der Waals surface area contributed by atoms with Gasteiger partial charge in [0.25, 0.3) is 0 Å². The van der Waals surface area contributed by atoms with E-state index >= 15 is 0 Å². The largest absolute Gasteiger partial charge is 0.297 e. The molecule has 86 valence electrons. The van der Waals surface area contributed by atoms with E-state index in [4.69, 9.17) is 5.26 Å². The van der Waals surface area contributed by atoms with E-state index in [-0.39, 0.29) is 11.6 Å². The van der Waals surface area contributed by atoms with E-state index in [0.29, 0.717) is 0 Å². The molecule has 16 heavy (non-hydrogen) atoms. The Hall–Kier alpha value is -0.600. The first-order valence-electron chi connectivity index (χ1n) is 5.32. The Morgan fingerprint density at radius 2 is 1.88 bits per heavy atom. The summed E-state index contributed by atoms with van der Waals surface area (Å²) in [6, 6.07) is 10.5. The molecule has 1 atom stereocenters. The predicted octanol–water partition coefficient (Wildman–Crippen LogP) is 3.11. The molecule has 0 heterocycles. The molecule has 0 saturated heterocycles. The summed E-state index contributed by atoms with van der Waals surface area (Å²) in [7, 11) is 0. The lowest BCUT2D eigenvalue weighted by molar-refractivity contribution is 0.394. The van der Waals surface area contributed by atoms with Gasteiger partial charge in [-0.15, -0.1) is 0 Å². The molecule has 0 aliphatic carbocycles. The number of halogens is 1. The standard InChI is InChI=1S/C13H17IN2/c1-13(2,3)16-12(9-15)8-10-4-6-11(14)7-5-10/h4-7,12,16H,8H2,1-3H3. The van der Waals surface area contributed by atoms with Gasteiger partial charge in [0.15, 0.2) is 0 Å². The minimum atomic E-state index is -0.125. The average Bonchev–Trinajstić information content (AvgIpc) is 2.18. The van der Waals surface area contributed by atoms with Crippen LogP contribution in [0, 0.1) is 14.9 Å². The van der Waals surface area contributed by atoms with Gasteiger partial charge >= 0.3 is 0 Å². The molecule has 1 rings (SSSR count). The van der Waals surface area contributed by atoms with E-state index < -0.39 is 0 Å². The summed E-state index contributed by atoms with van der Waals surface area (Å²) in [5.74, 6) is 0. The topological polar surface area (TPSA) is 35.8 Å². The molecule has 0 spiro atoms. The molecule has 0 saturated carbocycles. The lowest BCUT2D eigenvalue weighted by Crippen LogP contribution is -2.43. The highest BCUT2D eigenvalue weighted by atomic mass is 127. The van der Waals surface area contributed by atoms with Gasteiger partial charge in [0.05, 0.1) is 12.1 Å². The van der Waals surface area contributed by atoms with Crippen LogP contribution in [-0.2, 0) is 6.42 Å². The van der Waals surface area contributed by atoms with Gasteiger partial charge in [0.1, 0.15) is 0 Å². The molecule has 0 aliphatic rings. The summed E-state index contributed by atoms with van der Waals surface area (Å²) in [5.41, 5.74) is 1.17. The molecule has 1 aromatic rings. The fraction of sp³-hybridized carbons (Fsp3) is 0.462. The van der Waals surface area contributed by atoms with E-state index in [2.05, 4.69) is 79.0 Å². The lowest BCUT2D eigenvalue weighted by Gasteiger charge is -2.24. The van der Waals surface area contributed by atoms with Gasteiger partial charge in [0.2, 0.25) is 0 Å². The smallest absolute Gasteiger partial charge is 0.0997 e. The first-order valence-corrected chi connectivity index (χ1v) is 6.40. The van der Waals surface area contributed by atoms with Gasteiger partial charge in [-0.1, -0.05) is 12.1 Å². The second kappa shape index (κ2) is 5.65. The molecule has 3 heteroatoms. The third kappa shape index (κ3) is 4.95. The van der Waals surface area contributed by atoms with Crippen LogP contribution in [0.4, 0.5) is 0 Å². The van der Waals surface area contributed by atoms with Crippen LogP contribution in [0.3, 0.4) is 0 Å².